The monoisotopic (exact) mass is 219 g/mol. The van der Waals surface area contributed by atoms with Crippen LogP contribution in [-0.2, 0) is 4.74 Å². The largest absolute Gasteiger partial charge is 0.482 e. The summed E-state index contributed by atoms with van der Waals surface area (Å²) in [7, 11) is 1.66. The molecule has 1 aliphatic heterocycles. The molecule has 2 aromatic rings. The number of pyridine rings is 1. The van der Waals surface area contributed by atoms with Gasteiger partial charge < -0.3 is 9.47 Å². The van der Waals surface area contributed by atoms with E-state index in [1.807, 2.05) is 22.6 Å². The molecule has 0 amide bonds. The van der Waals surface area contributed by atoms with E-state index in [1.54, 1.807) is 7.11 Å². The molecule has 0 bridgehead atoms. The molecule has 1 unspecified atom stereocenters. The Kier molecular flexibility index (Phi) is 2.25. The molecule has 16 heavy (non-hydrogen) atoms. The van der Waals surface area contributed by atoms with Crippen LogP contribution < -0.4 is 4.74 Å². The van der Waals surface area contributed by atoms with E-state index in [2.05, 4.69) is 10.2 Å². The van der Waals surface area contributed by atoms with Crippen molar-refractivity contribution in [1.82, 2.24) is 14.6 Å². The standard InChI is InChI=1S/C11H13N3O2/c1-15-10-4-2-3-9-12-13-11(14(9)10)8-5-6-16-7-8/h2-4,8H,5-7H2,1H3. The average molecular weight is 219 g/mol. The Morgan fingerprint density at radius 3 is 3.12 bits per heavy atom. The second-order valence-electron chi connectivity index (χ2n) is 3.88. The van der Waals surface area contributed by atoms with Crippen LogP contribution in [0.5, 0.6) is 5.88 Å². The van der Waals surface area contributed by atoms with Crippen LogP contribution in [0.25, 0.3) is 5.65 Å². The highest BCUT2D eigenvalue weighted by molar-refractivity contribution is 5.42. The van der Waals surface area contributed by atoms with E-state index in [1.165, 1.54) is 0 Å². The van der Waals surface area contributed by atoms with Crippen molar-refractivity contribution in [3.8, 4) is 5.88 Å². The molecular weight excluding hydrogens is 206 g/mol. The van der Waals surface area contributed by atoms with E-state index >= 15 is 0 Å². The first-order chi connectivity index (χ1) is 7.90. The Hall–Kier alpha value is -1.62. The zero-order valence-electron chi connectivity index (χ0n) is 9.09. The number of fused-ring (bicyclic) bond motifs is 1. The molecule has 5 heteroatoms. The second-order valence-corrected chi connectivity index (χ2v) is 3.88. The molecule has 1 atom stereocenters. The van der Waals surface area contributed by atoms with Crippen molar-refractivity contribution in [3.63, 3.8) is 0 Å². The number of aromatic nitrogens is 3. The van der Waals surface area contributed by atoms with Gasteiger partial charge in [0.25, 0.3) is 0 Å². The third kappa shape index (κ3) is 1.36. The van der Waals surface area contributed by atoms with Crippen LogP contribution >= 0.6 is 0 Å². The van der Waals surface area contributed by atoms with Crippen molar-refractivity contribution >= 4 is 5.65 Å². The minimum Gasteiger partial charge on any atom is -0.482 e. The summed E-state index contributed by atoms with van der Waals surface area (Å²) >= 11 is 0. The van der Waals surface area contributed by atoms with Crippen LogP contribution in [0.3, 0.4) is 0 Å². The first-order valence-corrected chi connectivity index (χ1v) is 5.36. The maximum Gasteiger partial charge on any atom is 0.200 e. The number of hydrogen-bond donors (Lipinski definition) is 0. The van der Waals surface area contributed by atoms with E-state index in [9.17, 15) is 0 Å². The summed E-state index contributed by atoms with van der Waals surface area (Å²) < 4.78 is 12.7. The fourth-order valence-electron chi connectivity index (χ4n) is 2.10. The van der Waals surface area contributed by atoms with Crippen LogP contribution in [-0.4, -0.2) is 34.9 Å². The van der Waals surface area contributed by atoms with Gasteiger partial charge in [0.1, 0.15) is 5.82 Å². The third-order valence-corrected chi connectivity index (χ3v) is 2.92. The summed E-state index contributed by atoms with van der Waals surface area (Å²) in [5.74, 6) is 2.03. The van der Waals surface area contributed by atoms with E-state index in [0.717, 1.165) is 37.0 Å². The molecule has 0 saturated carbocycles. The molecule has 0 aromatic carbocycles. The van der Waals surface area contributed by atoms with Gasteiger partial charge in [-0.15, -0.1) is 10.2 Å². The van der Waals surface area contributed by atoms with Crippen LogP contribution in [0, 0.1) is 0 Å². The summed E-state index contributed by atoms with van der Waals surface area (Å²) in [6, 6.07) is 5.75. The molecule has 0 radical (unpaired) electrons. The van der Waals surface area contributed by atoms with Crippen molar-refractivity contribution in [2.24, 2.45) is 0 Å². The first-order valence-electron chi connectivity index (χ1n) is 5.36. The van der Waals surface area contributed by atoms with Gasteiger partial charge in [-0.05, 0) is 18.6 Å². The summed E-state index contributed by atoms with van der Waals surface area (Å²) in [6.07, 6.45) is 0.999. The maximum absolute atomic E-state index is 5.38. The van der Waals surface area contributed by atoms with E-state index in [4.69, 9.17) is 9.47 Å². The zero-order valence-corrected chi connectivity index (χ0v) is 9.09. The SMILES string of the molecule is COc1cccc2nnc(C3CCOC3)n12. The van der Waals surface area contributed by atoms with Gasteiger partial charge in [-0.3, -0.25) is 0 Å². The molecule has 3 heterocycles. The molecule has 0 aliphatic carbocycles. The molecule has 84 valence electrons. The van der Waals surface area contributed by atoms with Crippen LogP contribution in [0.4, 0.5) is 0 Å². The lowest BCUT2D eigenvalue weighted by molar-refractivity contribution is 0.193. The summed E-state index contributed by atoms with van der Waals surface area (Å²) in [5, 5.41) is 8.39. The smallest absolute Gasteiger partial charge is 0.200 e. The van der Waals surface area contributed by atoms with Crippen molar-refractivity contribution in [2.75, 3.05) is 20.3 Å². The highest BCUT2D eigenvalue weighted by Gasteiger charge is 2.24. The molecule has 0 spiro atoms. The normalized spacial score (nSPS) is 20.4. The minimum atomic E-state index is 0.325. The van der Waals surface area contributed by atoms with Crippen LogP contribution in [0.2, 0.25) is 0 Å². The average Bonchev–Trinajstić information content (AvgIpc) is 2.96. The quantitative estimate of drug-likeness (QED) is 0.762. The van der Waals surface area contributed by atoms with Gasteiger partial charge in [-0.25, -0.2) is 4.40 Å². The Balaban J connectivity index is 2.16. The lowest BCUT2D eigenvalue weighted by Crippen LogP contribution is -2.05. The van der Waals surface area contributed by atoms with Crippen LogP contribution in [0.1, 0.15) is 18.2 Å². The highest BCUT2D eigenvalue weighted by atomic mass is 16.5. The lowest BCUT2D eigenvalue weighted by Gasteiger charge is -2.08. The van der Waals surface area contributed by atoms with Crippen molar-refractivity contribution < 1.29 is 9.47 Å². The molecule has 1 saturated heterocycles. The van der Waals surface area contributed by atoms with Crippen molar-refractivity contribution in [3.05, 3.63) is 24.0 Å². The number of rotatable bonds is 2. The lowest BCUT2D eigenvalue weighted by atomic mass is 10.1. The van der Waals surface area contributed by atoms with Crippen LogP contribution in [0.15, 0.2) is 18.2 Å². The maximum atomic E-state index is 5.38. The van der Waals surface area contributed by atoms with Crippen molar-refractivity contribution in [2.45, 2.75) is 12.3 Å². The highest BCUT2D eigenvalue weighted by Crippen LogP contribution is 2.26. The second kappa shape index (κ2) is 3.75. The number of nitrogens with zero attached hydrogens (tertiary/aromatic N) is 3. The Morgan fingerprint density at radius 1 is 1.44 bits per heavy atom. The fourth-order valence-corrected chi connectivity index (χ4v) is 2.10. The predicted octanol–water partition coefficient (Wildman–Crippen LogP) is 1.24. The number of hydrogen-bond acceptors (Lipinski definition) is 4. The summed E-state index contributed by atoms with van der Waals surface area (Å²) in [5.41, 5.74) is 0.821. The van der Waals surface area contributed by atoms with Gasteiger partial charge >= 0.3 is 0 Å². The molecule has 1 aliphatic rings. The van der Waals surface area contributed by atoms with Gasteiger partial charge in [0.05, 0.1) is 13.7 Å². The topological polar surface area (TPSA) is 48.7 Å². The zero-order chi connectivity index (χ0) is 11.0. The Labute approximate surface area is 93.0 Å². The molecule has 2 aromatic heterocycles. The molecule has 0 N–H and O–H groups in total. The van der Waals surface area contributed by atoms with Gasteiger partial charge in [-0.1, -0.05) is 6.07 Å². The first kappa shape index (κ1) is 9.59. The van der Waals surface area contributed by atoms with Gasteiger partial charge in [0.15, 0.2) is 5.65 Å². The predicted molar refractivity (Wildman–Crippen MR) is 57.7 cm³/mol. The Bertz CT molecular complexity index is 503. The molecule has 1 fully saturated rings. The molecule has 5 nitrogen and oxygen atoms in total. The van der Waals surface area contributed by atoms with E-state index in [0.29, 0.717) is 5.92 Å². The summed E-state index contributed by atoms with van der Waals surface area (Å²) in [6.45, 7) is 1.52. The van der Waals surface area contributed by atoms with Crippen molar-refractivity contribution in [1.29, 1.82) is 0 Å². The van der Waals surface area contributed by atoms with Gasteiger partial charge in [0.2, 0.25) is 5.88 Å². The third-order valence-electron chi connectivity index (χ3n) is 2.92. The fraction of sp³-hybridized carbons (Fsp3) is 0.455. The van der Waals surface area contributed by atoms with E-state index in [-0.39, 0.29) is 0 Å². The van der Waals surface area contributed by atoms with Gasteiger partial charge in [-0.2, -0.15) is 0 Å². The summed E-state index contributed by atoms with van der Waals surface area (Å²) in [4.78, 5) is 0. The Morgan fingerprint density at radius 2 is 2.38 bits per heavy atom. The minimum absolute atomic E-state index is 0.325. The number of methoxy groups -OCH3 is 1. The molecule has 3 rings (SSSR count). The number of ether oxygens (including phenoxy) is 2. The van der Waals surface area contributed by atoms with Gasteiger partial charge in [0, 0.05) is 12.5 Å². The van der Waals surface area contributed by atoms with E-state index < -0.39 is 0 Å². The molecular formula is C11H13N3O2.